The van der Waals surface area contributed by atoms with Gasteiger partial charge in [0.25, 0.3) is 0 Å². The van der Waals surface area contributed by atoms with Crippen molar-refractivity contribution < 1.29 is 9.59 Å². The van der Waals surface area contributed by atoms with Gasteiger partial charge in [-0.1, -0.05) is 42.5 Å². The smallest absolute Gasteiger partial charge is 0.322 e. The van der Waals surface area contributed by atoms with E-state index in [-0.39, 0.29) is 17.9 Å². The molecule has 1 aromatic carbocycles. The van der Waals surface area contributed by atoms with E-state index >= 15 is 0 Å². The fraction of sp³-hybridized carbons (Fsp3) is 0.417. The number of carbonyl (C=O) groups excluding carboxylic acids is 2. The maximum absolute atomic E-state index is 13.0. The monoisotopic (exact) mass is 438 g/mol. The van der Waals surface area contributed by atoms with Crippen LogP contribution in [0.15, 0.2) is 53.9 Å². The fourth-order valence-corrected chi connectivity index (χ4v) is 4.78. The molecule has 6 nitrogen and oxygen atoms in total. The average Bonchev–Trinajstić information content (AvgIpc) is 3.33. The van der Waals surface area contributed by atoms with Gasteiger partial charge in [0, 0.05) is 51.7 Å². The van der Waals surface area contributed by atoms with Crippen molar-refractivity contribution >= 4 is 34.4 Å². The second-order valence-corrected chi connectivity index (χ2v) is 9.06. The Morgan fingerprint density at radius 3 is 2.35 bits per heavy atom. The topological polar surface area (TPSA) is 55.9 Å². The van der Waals surface area contributed by atoms with Crippen LogP contribution in [0.4, 0.5) is 9.80 Å². The van der Waals surface area contributed by atoms with E-state index in [4.69, 9.17) is 0 Å². The van der Waals surface area contributed by atoms with Gasteiger partial charge in [0.2, 0.25) is 5.91 Å². The second-order valence-electron chi connectivity index (χ2n) is 8.11. The zero-order valence-electron chi connectivity index (χ0n) is 17.8. The molecule has 0 spiro atoms. The molecule has 0 saturated carbocycles. The summed E-state index contributed by atoms with van der Waals surface area (Å²) in [6, 6.07) is 14.1. The Bertz CT molecular complexity index is 868. The summed E-state index contributed by atoms with van der Waals surface area (Å²) in [7, 11) is 0. The maximum atomic E-state index is 13.0. The van der Waals surface area contributed by atoms with Gasteiger partial charge in [0.15, 0.2) is 0 Å². The summed E-state index contributed by atoms with van der Waals surface area (Å²) in [4.78, 5) is 31.6. The largest absolute Gasteiger partial charge is 0.340 e. The van der Waals surface area contributed by atoms with Gasteiger partial charge in [0.05, 0.1) is 5.00 Å². The van der Waals surface area contributed by atoms with Crippen molar-refractivity contribution in [3.05, 3.63) is 59.5 Å². The highest BCUT2D eigenvalue weighted by atomic mass is 32.1. The van der Waals surface area contributed by atoms with Crippen LogP contribution in [0.1, 0.15) is 18.4 Å². The number of anilines is 1. The molecule has 3 heterocycles. The van der Waals surface area contributed by atoms with Crippen molar-refractivity contribution in [2.75, 3.05) is 51.1 Å². The highest BCUT2D eigenvalue weighted by Gasteiger charge is 2.31. The molecular formula is C24H30N4O2S. The first kappa shape index (κ1) is 21.6. The Kier molecular flexibility index (Phi) is 7.38. The van der Waals surface area contributed by atoms with Crippen LogP contribution in [0.5, 0.6) is 0 Å². The lowest BCUT2D eigenvalue weighted by Gasteiger charge is -2.38. The molecule has 0 unspecified atom stereocenters. The molecule has 2 aliphatic rings. The number of benzene rings is 1. The van der Waals surface area contributed by atoms with E-state index in [2.05, 4.69) is 34.5 Å². The minimum absolute atomic E-state index is 0.0373. The summed E-state index contributed by atoms with van der Waals surface area (Å²) in [5.41, 5.74) is 1.21. The predicted octanol–water partition coefficient (Wildman–Crippen LogP) is 3.85. The number of nitrogens with one attached hydrogen (secondary N) is 1. The average molecular weight is 439 g/mol. The van der Waals surface area contributed by atoms with E-state index in [0.717, 1.165) is 50.6 Å². The zero-order valence-corrected chi connectivity index (χ0v) is 18.6. The molecule has 1 N–H and O–H groups in total. The molecule has 7 heteroatoms. The fourth-order valence-electron chi connectivity index (χ4n) is 4.17. The third-order valence-electron chi connectivity index (χ3n) is 6.04. The van der Waals surface area contributed by atoms with Crippen LogP contribution < -0.4 is 5.32 Å². The van der Waals surface area contributed by atoms with Crippen LogP contribution in [0.2, 0.25) is 0 Å². The molecule has 164 valence electrons. The molecule has 1 aromatic heterocycles. The van der Waals surface area contributed by atoms with Crippen LogP contribution in [0.25, 0.3) is 6.08 Å². The summed E-state index contributed by atoms with van der Waals surface area (Å²) in [5.74, 6) is 0.299. The van der Waals surface area contributed by atoms with Crippen molar-refractivity contribution in [2.24, 2.45) is 5.92 Å². The van der Waals surface area contributed by atoms with E-state index < -0.39 is 0 Å². The normalized spacial score (nSPS) is 18.5. The van der Waals surface area contributed by atoms with Gasteiger partial charge in [-0.15, -0.1) is 11.3 Å². The number of piperazine rings is 1. The first-order valence-corrected chi connectivity index (χ1v) is 11.9. The Morgan fingerprint density at radius 1 is 0.935 bits per heavy atom. The lowest BCUT2D eigenvalue weighted by molar-refractivity contribution is -0.138. The highest BCUT2D eigenvalue weighted by molar-refractivity contribution is 7.14. The van der Waals surface area contributed by atoms with E-state index in [9.17, 15) is 9.59 Å². The van der Waals surface area contributed by atoms with Crippen LogP contribution >= 0.6 is 11.3 Å². The van der Waals surface area contributed by atoms with Gasteiger partial charge in [-0.3, -0.25) is 15.0 Å². The maximum Gasteiger partial charge on any atom is 0.322 e. The van der Waals surface area contributed by atoms with E-state index in [1.54, 1.807) is 0 Å². The molecule has 2 aromatic rings. The number of thiophene rings is 1. The standard InChI is InChI=1S/C24H30N4O2S/c29-23(21-10-13-28(14-11-21)24(30)25-22-9-5-19-31-22)27-17-15-26(16-18-27)12-4-8-20-6-2-1-3-7-20/h1-9,19,21H,10-18H2,(H,25,30)/b8-4+. The van der Waals surface area contributed by atoms with Crippen molar-refractivity contribution in [2.45, 2.75) is 12.8 Å². The van der Waals surface area contributed by atoms with E-state index in [0.29, 0.717) is 13.1 Å². The number of hydrogen-bond donors (Lipinski definition) is 1. The van der Waals surface area contributed by atoms with Crippen LogP contribution in [-0.2, 0) is 4.79 Å². The SMILES string of the molecule is O=C(Nc1cccs1)N1CCC(C(=O)N2CCN(C/C=C/c3ccccc3)CC2)CC1. The number of carbonyl (C=O) groups is 2. The zero-order chi connectivity index (χ0) is 21.5. The summed E-state index contributed by atoms with van der Waals surface area (Å²) in [6.07, 6.45) is 5.84. The molecular weight excluding hydrogens is 408 g/mol. The van der Waals surface area contributed by atoms with Gasteiger partial charge < -0.3 is 9.80 Å². The van der Waals surface area contributed by atoms with Crippen molar-refractivity contribution in [3.63, 3.8) is 0 Å². The molecule has 0 radical (unpaired) electrons. The van der Waals surface area contributed by atoms with Gasteiger partial charge in [0.1, 0.15) is 0 Å². The van der Waals surface area contributed by atoms with Crippen molar-refractivity contribution in [3.8, 4) is 0 Å². The summed E-state index contributed by atoms with van der Waals surface area (Å²) in [5, 5.41) is 5.74. The lowest BCUT2D eigenvalue weighted by Crippen LogP contribution is -2.52. The molecule has 2 aliphatic heterocycles. The number of piperidine rings is 1. The van der Waals surface area contributed by atoms with E-state index in [1.807, 2.05) is 45.5 Å². The van der Waals surface area contributed by atoms with Gasteiger partial charge in [-0.25, -0.2) is 4.79 Å². The molecule has 4 rings (SSSR count). The minimum Gasteiger partial charge on any atom is -0.340 e. The van der Waals surface area contributed by atoms with Crippen molar-refractivity contribution in [1.82, 2.24) is 14.7 Å². The van der Waals surface area contributed by atoms with E-state index in [1.165, 1.54) is 16.9 Å². The molecule has 0 aliphatic carbocycles. The number of likely N-dealkylation sites (tertiary alicyclic amines) is 1. The van der Waals surface area contributed by atoms with Gasteiger partial charge >= 0.3 is 6.03 Å². The minimum atomic E-state index is -0.0643. The number of urea groups is 1. The molecule has 31 heavy (non-hydrogen) atoms. The second kappa shape index (κ2) is 10.6. The Morgan fingerprint density at radius 2 is 1.68 bits per heavy atom. The number of rotatable bonds is 5. The van der Waals surface area contributed by atoms with Gasteiger partial charge in [-0.05, 0) is 35.9 Å². The lowest BCUT2D eigenvalue weighted by atomic mass is 9.95. The molecule has 3 amide bonds. The first-order valence-electron chi connectivity index (χ1n) is 11.0. The molecule has 2 saturated heterocycles. The van der Waals surface area contributed by atoms with Crippen molar-refractivity contribution in [1.29, 1.82) is 0 Å². The summed E-state index contributed by atoms with van der Waals surface area (Å²) < 4.78 is 0. The van der Waals surface area contributed by atoms with Gasteiger partial charge in [-0.2, -0.15) is 0 Å². The Balaban J connectivity index is 1.17. The third kappa shape index (κ3) is 5.95. The number of nitrogens with zero attached hydrogens (tertiary/aromatic N) is 3. The Labute approximate surface area is 188 Å². The summed E-state index contributed by atoms with van der Waals surface area (Å²) >= 11 is 1.52. The van der Waals surface area contributed by atoms with Crippen LogP contribution in [0.3, 0.4) is 0 Å². The first-order chi connectivity index (χ1) is 15.2. The third-order valence-corrected chi connectivity index (χ3v) is 6.83. The summed E-state index contributed by atoms with van der Waals surface area (Å²) in [6.45, 7) is 5.58. The Hall–Kier alpha value is -2.64. The highest BCUT2D eigenvalue weighted by Crippen LogP contribution is 2.22. The quantitative estimate of drug-likeness (QED) is 0.772. The number of hydrogen-bond acceptors (Lipinski definition) is 4. The molecule has 0 bridgehead atoms. The molecule has 2 fully saturated rings. The molecule has 0 atom stereocenters. The number of amides is 3. The van der Waals surface area contributed by atoms with Crippen LogP contribution in [0, 0.1) is 5.92 Å². The van der Waals surface area contributed by atoms with Crippen LogP contribution in [-0.4, -0.2) is 72.5 Å². The predicted molar refractivity (Wildman–Crippen MR) is 126 cm³/mol.